The molecule has 11 heteroatoms. The summed E-state index contributed by atoms with van der Waals surface area (Å²) in [6.07, 6.45) is 2.63. The summed E-state index contributed by atoms with van der Waals surface area (Å²) >= 11 is 0. The molecule has 48 heavy (non-hydrogen) atoms. The highest BCUT2D eigenvalue weighted by atomic mass is 19.4. The summed E-state index contributed by atoms with van der Waals surface area (Å²) in [5.41, 5.74) is 1.10. The minimum Gasteiger partial charge on any atom is -0.493 e. The van der Waals surface area contributed by atoms with Gasteiger partial charge in [-0.25, -0.2) is 0 Å². The van der Waals surface area contributed by atoms with Crippen molar-refractivity contribution >= 4 is 18.0 Å². The molecular weight excluding hydrogens is 625 g/mol. The van der Waals surface area contributed by atoms with E-state index in [-0.39, 0.29) is 35.6 Å². The van der Waals surface area contributed by atoms with E-state index in [9.17, 15) is 22.8 Å². The molecule has 2 bridgehead atoms. The first-order valence-electron chi connectivity index (χ1n) is 17.0. The summed E-state index contributed by atoms with van der Waals surface area (Å²) in [4.78, 5) is 31.6. The summed E-state index contributed by atoms with van der Waals surface area (Å²) in [5.74, 6) is 1.14. The average molecular weight is 669 g/mol. The third-order valence-corrected chi connectivity index (χ3v) is 11.0. The van der Waals surface area contributed by atoms with Gasteiger partial charge in [-0.1, -0.05) is 32.0 Å². The molecule has 8 nitrogen and oxygen atoms in total. The number of carbonyl (C=O) groups is 2. The molecule has 3 aliphatic carbocycles. The quantitative estimate of drug-likeness (QED) is 0.218. The molecule has 7 rings (SSSR count). The van der Waals surface area contributed by atoms with Gasteiger partial charge in [0.05, 0.1) is 24.6 Å². The van der Waals surface area contributed by atoms with Crippen molar-refractivity contribution in [3.8, 4) is 17.2 Å². The van der Waals surface area contributed by atoms with Crippen LogP contribution in [0.5, 0.6) is 17.2 Å². The van der Waals surface area contributed by atoms with Gasteiger partial charge in [0.2, 0.25) is 5.91 Å². The third-order valence-electron chi connectivity index (χ3n) is 11.0. The number of methoxy groups -OCH3 is 1. The van der Waals surface area contributed by atoms with E-state index in [1.807, 2.05) is 24.8 Å². The summed E-state index contributed by atoms with van der Waals surface area (Å²) in [7, 11) is 1.62. The first-order valence-corrected chi connectivity index (χ1v) is 17.0. The highest BCUT2D eigenvalue weighted by Crippen LogP contribution is 2.67. The Labute approximate surface area is 279 Å². The standard InChI is InChI=1S/C37H43F3N2O6/c1-22(2)20-42(31(44)13-10-24-6-5-7-27(18-24)48-37(38,39)40)28-14-15-36(47-23(3)43)30-19-26-11-12-29(45-4)33-32(26)35(36,34(28)46-33)16-17-41(30)21-25-8-9-25/h5-7,10-13,18,22,25,28,30,34H,8-9,14-17,19-21H2,1-4H3/t28-,30-,34+,35+,36-/m1/s1. The molecule has 2 saturated carbocycles. The number of halogens is 3. The number of hydrogen-bond acceptors (Lipinski definition) is 7. The molecule has 1 spiro atoms. The Kier molecular flexibility index (Phi) is 8.20. The number of rotatable bonds is 10. The number of likely N-dealkylation sites (tertiary alicyclic amines) is 1. The minimum atomic E-state index is -4.82. The number of carbonyl (C=O) groups excluding carboxylic acids is 2. The zero-order valence-electron chi connectivity index (χ0n) is 27.8. The fourth-order valence-corrected chi connectivity index (χ4v) is 9.22. The summed E-state index contributed by atoms with van der Waals surface area (Å²) in [6, 6.07) is 9.24. The molecule has 2 heterocycles. The van der Waals surface area contributed by atoms with Crippen LogP contribution in [0.1, 0.15) is 69.6 Å². The number of hydrogen-bond donors (Lipinski definition) is 0. The van der Waals surface area contributed by atoms with Crippen molar-refractivity contribution in [1.82, 2.24) is 9.80 Å². The van der Waals surface area contributed by atoms with Crippen LogP contribution >= 0.6 is 0 Å². The highest BCUT2D eigenvalue weighted by Gasteiger charge is 2.76. The highest BCUT2D eigenvalue weighted by molar-refractivity contribution is 5.92. The molecule has 0 unspecified atom stereocenters. The van der Waals surface area contributed by atoms with Crippen molar-refractivity contribution < 1.29 is 41.7 Å². The van der Waals surface area contributed by atoms with E-state index in [0.717, 1.165) is 25.1 Å². The molecule has 0 aromatic heterocycles. The minimum absolute atomic E-state index is 0.0185. The van der Waals surface area contributed by atoms with Crippen LogP contribution in [0, 0.1) is 11.8 Å². The number of benzene rings is 2. The second-order valence-electron chi connectivity index (χ2n) is 14.5. The van der Waals surface area contributed by atoms with Crippen molar-refractivity contribution in [2.45, 2.75) is 94.9 Å². The first kappa shape index (κ1) is 32.8. The summed E-state index contributed by atoms with van der Waals surface area (Å²) < 4.78 is 62.1. The zero-order valence-corrected chi connectivity index (χ0v) is 27.8. The average Bonchev–Trinajstić information content (AvgIpc) is 3.76. The van der Waals surface area contributed by atoms with Gasteiger partial charge in [0.1, 0.15) is 17.5 Å². The summed E-state index contributed by atoms with van der Waals surface area (Å²) in [5, 5.41) is 0. The lowest BCUT2D eigenvalue weighted by Crippen LogP contribution is -2.79. The predicted octanol–water partition coefficient (Wildman–Crippen LogP) is 6.30. The van der Waals surface area contributed by atoms with Gasteiger partial charge in [0, 0.05) is 31.7 Å². The van der Waals surface area contributed by atoms with Crippen molar-refractivity contribution in [2.75, 3.05) is 26.7 Å². The molecule has 0 radical (unpaired) electrons. The normalized spacial score (nSPS) is 29.0. The lowest BCUT2D eigenvalue weighted by atomic mass is 9.48. The predicted molar refractivity (Wildman–Crippen MR) is 172 cm³/mol. The van der Waals surface area contributed by atoms with Gasteiger partial charge in [-0.05, 0) is 92.3 Å². The van der Waals surface area contributed by atoms with Gasteiger partial charge in [-0.2, -0.15) is 0 Å². The molecule has 1 saturated heterocycles. The molecule has 2 aromatic rings. The fourth-order valence-electron chi connectivity index (χ4n) is 9.22. The Balaban J connectivity index is 1.29. The maximum absolute atomic E-state index is 14.2. The van der Waals surface area contributed by atoms with Crippen LogP contribution in [0.4, 0.5) is 13.2 Å². The molecule has 2 aromatic carbocycles. The van der Waals surface area contributed by atoms with E-state index in [4.69, 9.17) is 14.2 Å². The van der Waals surface area contributed by atoms with Gasteiger partial charge in [-0.15, -0.1) is 13.2 Å². The Morgan fingerprint density at radius 2 is 1.94 bits per heavy atom. The van der Waals surface area contributed by atoms with Crippen molar-refractivity contribution in [1.29, 1.82) is 0 Å². The Morgan fingerprint density at radius 3 is 2.62 bits per heavy atom. The lowest BCUT2D eigenvalue weighted by Gasteiger charge is -2.65. The van der Waals surface area contributed by atoms with Gasteiger partial charge in [0.15, 0.2) is 11.5 Å². The topological polar surface area (TPSA) is 77.5 Å². The number of esters is 1. The van der Waals surface area contributed by atoms with Crippen molar-refractivity contribution in [3.63, 3.8) is 0 Å². The maximum atomic E-state index is 14.2. The number of nitrogens with zero attached hydrogens (tertiary/aromatic N) is 2. The third kappa shape index (κ3) is 5.51. The van der Waals surface area contributed by atoms with E-state index in [1.165, 1.54) is 55.7 Å². The van der Waals surface area contributed by atoms with Crippen LogP contribution in [0.25, 0.3) is 6.08 Å². The zero-order chi connectivity index (χ0) is 34.0. The number of piperidine rings is 1. The molecule has 258 valence electrons. The molecule has 1 amide bonds. The van der Waals surface area contributed by atoms with E-state index in [1.54, 1.807) is 13.2 Å². The fraction of sp³-hybridized carbons (Fsp3) is 0.568. The maximum Gasteiger partial charge on any atom is 0.573 e. The van der Waals surface area contributed by atoms with Gasteiger partial charge >= 0.3 is 12.3 Å². The molecule has 3 fully saturated rings. The van der Waals surface area contributed by atoms with E-state index in [0.29, 0.717) is 48.8 Å². The SMILES string of the molecule is COc1ccc2c3c1O[C@H]1[C@H](N(CC(C)C)C(=O)C=Cc4cccc(OC(F)(F)F)c4)CC[C@@]4(OC(C)=O)[C@@H](C2)N(CC2CC2)CC[C@]314. The van der Waals surface area contributed by atoms with Crippen molar-refractivity contribution in [3.05, 3.63) is 59.2 Å². The molecule has 0 N–H and O–H groups in total. The molecule has 2 aliphatic heterocycles. The second-order valence-corrected chi connectivity index (χ2v) is 14.5. The van der Waals surface area contributed by atoms with Gasteiger partial charge in [0.25, 0.3) is 0 Å². The largest absolute Gasteiger partial charge is 0.573 e. The van der Waals surface area contributed by atoms with Crippen LogP contribution in [0.15, 0.2) is 42.5 Å². The van der Waals surface area contributed by atoms with Crippen LogP contribution in [0.3, 0.4) is 0 Å². The van der Waals surface area contributed by atoms with Crippen LogP contribution in [-0.4, -0.2) is 78.6 Å². The Bertz CT molecular complexity index is 1620. The van der Waals surface area contributed by atoms with Gasteiger partial charge in [-0.3, -0.25) is 14.5 Å². The Hall–Kier alpha value is -3.73. The number of alkyl halides is 3. The summed E-state index contributed by atoms with van der Waals surface area (Å²) in [6.45, 7) is 7.84. The number of ether oxygens (including phenoxy) is 4. The van der Waals surface area contributed by atoms with Gasteiger partial charge < -0.3 is 23.8 Å². The molecule has 5 atom stereocenters. The molecular formula is C37H43F3N2O6. The van der Waals surface area contributed by atoms with E-state index >= 15 is 0 Å². The monoisotopic (exact) mass is 668 g/mol. The van der Waals surface area contributed by atoms with Crippen molar-refractivity contribution in [2.24, 2.45) is 11.8 Å². The first-order chi connectivity index (χ1) is 22.8. The van der Waals surface area contributed by atoms with Crippen LogP contribution < -0.4 is 14.2 Å². The lowest BCUT2D eigenvalue weighted by molar-refractivity contribution is -0.274. The van der Waals surface area contributed by atoms with Crippen LogP contribution in [0.2, 0.25) is 0 Å². The van der Waals surface area contributed by atoms with Crippen LogP contribution in [-0.2, 0) is 26.2 Å². The Morgan fingerprint density at radius 1 is 1.15 bits per heavy atom. The smallest absolute Gasteiger partial charge is 0.493 e. The van der Waals surface area contributed by atoms with E-state index in [2.05, 4.69) is 15.7 Å². The second kappa shape index (κ2) is 12.0. The van der Waals surface area contributed by atoms with E-state index < -0.39 is 23.5 Å². The number of amides is 1. The molecule has 5 aliphatic rings.